The molecule has 0 aromatic carbocycles. The fourth-order valence-electron chi connectivity index (χ4n) is 1.14. The molecule has 0 fully saturated rings. The predicted octanol–water partition coefficient (Wildman–Crippen LogP) is 2.25. The SMILES string of the molecule is C=CCSCCNc1nccc(C(=O)O)c1F. The number of halogens is 1. The third-order valence-corrected chi connectivity index (χ3v) is 2.86. The minimum Gasteiger partial charge on any atom is -0.478 e. The quantitative estimate of drug-likeness (QED) is 0.578. The molecule has 1 aromatic rings. The van der Waals surface area contributed by atoms with E-state index in [0.29, 0.717) is 6.54 Å². The number of nitrogens with one attached hydrogen (secondary N) is 1. The lowest BCUT2D eigenvalue weighted by Crippen LogP contribution is -2.10. The third kappa shape index (κ3) is 4.07. The number of hydrogen-bond donors (Lipinski definition) is 2. The van der Waals surface area contributed by atoms with E-state index in [-0.39, 0.29) is 11.4 Å². The molecule has 0 unspecified atom stereocenters. The van der Waals surface area contributed by atoms with Crippen LogP contribution in [0.25, 0.3) is 0 Å². The van der Waals surface area contributed by atoms with Gasteiger partial charge < -0.3 is 10.4 Å². The summed E-state index contributed by atoms with van der Waals surface area (Å²) in [6, 6.07) is 1.13. The third-order valence-electron chi connectivity index (χ3n) is 1.89. The maximum atomic E-state index is 13.6. The van der Waals surface area contributed by atoms with Gasteiger partial charge in [-0.3, -0.25) is 0 Å². The molecule has 4 nitrogen and oxygen atoms in total. The van der Waals surface area contributed by atoms with Crippen LogP contribution in [0.5, 0.6) is 0 Å². The van der Waals surface area contributed by atoms with Crippen molar-refractivity contribution >= 4 is 23.5 Å². The molecule has 6 heteroatoms. The summed E-state index contributed by atoms with van der Waals surface area (Å²) in [5.74, 6) is -0.552. The van der Waals surface area contributed by atoms with Gasteiger partial charge >= 0.3 is 5.97 Å². The average molecular weight is 256 g/mol. The molecule has 1 rings (SSSR count). The Morgan fingerprint density at radius 2 is 2.47 bits per heavy atom. The minimum absolute atomic E-state index is 0.0240. The van der Waals surface area contributed by atoms with Gasteiger partial charge in [-0.1, -0.05) is 6.08 Å². The van der Waals surface area contributed by atoms with Gasteiger partial charge in [-0.15, -0.1) is 6.58 Å². The van der Waals surface area contributed by atoms with Crippen molar-refractivity contribution in [2.45, 2.75) is 0 Å². The lowest BCUT2D eigenvalue weighted by Gasteiger charge is -2.07. The van der Waals surface area contributed by atoms with Gasteiger partial charge in [-0.2, -0.15) is 11.8 Å². The Bertz CT molecular complexity index is 412. The number of nitrogens with zero attached hydrogens (tertiary/aromatic N) is 1. The van der Waals surface area contributed by atoms with E-state index in [4.69, 9.17) is 5.11 Å². The first-order valence-corrected chi connectivity index (χ1v) is 6.12. The highest BCUT2D eigenvalue weighted by molar-refractivity contribution is 7.99. The molecule has 1 heterocycles. The number of aromatic nitrogens is 1. The molecule has 0 amide bonds. The minimum atomic E-state index is -1.30. The molecule has 0 aliphatic carbocycles. The molecule has 0 spiro atoms. The molecule has 1 aromatic heterocycles. The summed E-state index contributed by atoms with van der Waals surface area (Å²) in [4.78, 5) is 14.4. The maximum absolute atomic E-state index is 13.6. The van der Waals surface area contributed by atoms with Crippen molar-refractivity contribution in [3.63, 3.8) is 0 Å². The van der Waals surface area contributed by atoms with Gasteiger partial charge in [-0.05, 0) is 6.07 Å². The van der Waals surface area contributed by atoms with Crippen LogP contribution in [0.2, 0.25) is 0 Å². The van der Waals surface area contributed by atoms with Crippen molar-refractivity contribution in [3.8, 4) is 0 Å². The molecule has 2 N–H and O–H groups in total. The predicted molar refractivity (Wildman–Crippen MR) is 67.2 cm³/mol. The molecule has 0 atom stereocenters. The number of carbonyl (C=O) groups is 1. The van der Waals surface area contributed by atoms with Crippen molar-refractivity contribution in [1.29, 1.82) is 0 Å². The van der Waals surface area contributed by atoms with Crippen molar-refractivity contribution in [3.05, 3.63) is 36.3 Å². The Labute approximate surface area is 103 Å². The zero-order chi connectivity index (χ0) is 12.7. The molecule has 0 bridgehead atoms. The van der Waals surface area contributed by atoms with E-state index in [1.807, 2.05) is 0 Å². The van der Waals surface area contributed by atoms with Gasteiger partial charge in [0.1, 0.15) is 5.56 Å². The van der Waals surface area contributed by atoms with Gasteiger partial charge in [0.25, 0.3) is 0 Å². The van der Waals surface area contributed by atoms with Crippen LogP contribution in [0.1, 0.15) is 10.4 Å². The van der Waals surface area contributed by atoms with Gasteiger partial charge in [-0.25, -0.2) is 14.2 Å². The number of thioether (sulfide) groups is 1. The molecule has 17 heavy (non-hydrogen) atoms. The molecule has 0 saturated carbocycles. The fourth-order valence-corrected chi connectivity index (χ4v) is 1.72. The second-order valence-corrected chi connectivity index (χ2v) is 4.27. The van der Waals surface area contributed by atoms with E-state index in [1.54, 1.807) is 17.8 Å². The van der Waals surface area contributed by atoms with Crippen LogP contribution in [0.3, 0.4) is 0 Å². The first kappa shape index (κ1) is 13.5. The summed E-state index contributed by atoms with van der Waals surface area (Å²) in [6.07, 6.45) is 3.06. The molecule has 0 aliphatic heterocycles. The Balaban J connectivity index is 2.56. The number of rotatable bonds is 7. The number of hydrogen-bond acceptors (Lipinski definition) is 4. The van der Waals surface area contributed by atoms with Crippen LogP contribution in [-0.4, -0.2) is 34.1 Å². The van der Waals surface area contributed by atoms with Crippen molar-refractivity contribution in [1.82, 2.24) is 4.98 Å². The van der Waals surface area contributed by atoms with Gasteiger partial charge in [0.15, 0.2) is 11.6 Å². The van der Waals surface area contributed by atoms with E-state index in [2.05, 4.69) is 16.9 Å². The number of anilines is 1. The van der Waals surface area contributed by atoms with Gasteiger partial charge in [0.2, 0.25) is 0 Å². The topological polar surface area (TPSA) is 62.2 Å². The number of carboxylic acids is 1. The summed E-state index contributed by atoms with van der Waals surface area (Å²) in [7, 11) is 0. The number of aromatic carboxylic acids is 1. The van der Waals surface area contributed by atoms with Crippen molar-refractivity contribution < 1.29 is 14.3 Å². The molecular formula is C11H13FN2O2S. The number of carboxylic acid groups (broad SMARTS) is 1. The zero-order valence-corrected chi connectivity index (χ0v) is 9.97. The van der Waals surface area contributed by atoms with Crippen molar-refractivity contribution in [2.24, 2.45) is 0 Å². The Morgan fingerprint density at radius 1 is 1.71 bits per heavy atom. The number of pyridine rings is 1. The van der Waals surface area contributed by atoms with E-state index >= 15 is 0 Å². The summed E-state index contributed by atoms with van der Waals surface area (Å²) < 4.78 is 13.6. The van der Waals surface area contributed by atoms with Crippen LogP contribution in [0.4, 0.5) is 10.2 Å². The molecule has 0 radical (unpaired) electrons. The standard InChI is InChI=1S/C11H13FN2O2S/c1-2-6-17-7-5-14-10-9(12)8(11(15)16)3-4-13-10/h2-4H,1,5-7H2,(H,13,14)(H,15,16). The summed E-state index contributed by atoms with van der Waals surface area (Å²) in [6.45, 7) is 4.10. The second-order valence-electron chi connectivity index (χ2n) is 3.12. The van der Waals surface area contributed by atoms with Gasteiger partial charge in [0, 0.05) is 24.2 Å². The Hall–Kier alpha value is -1.56. The molecule has 0 saturated heterocycles. The molecule has 0 aliphatic rings. The lowest BCUT2D eigenvalue weighted by atomic mass is 10.2. The highest BCUT2D eigenvalue weighted by Gasteiger charge is 2.14. The monoisotopic (exact) mass is 256 g/mol. The highest BCUT2D eigenvalue weighted by Crippen LogP contribution is 2.15. The van der Waals surface area contributed by atoms with Crippen LogP contribution >= 0.6 is 11.8 Å². The summed E-state index contributed by atoms with van der Waals surface area (Å²) in [5, 5.41) is 11.5. The molecular weight excluding hydrogens is 243 g/mol. The van der Waals surface area contributed by atoms with E-state index in [1.165, 1.54) is 6.20 Å². The first-order chi connectivity index (χ1) is 8.16. The first-order valence-electron chi connectivity index (χ1n) is 4.97. The smallest absolute Gasteiger partial charge is 0.338 e. The van der Waals surface area contributed by atoms with Crippen LogP contribution in [0, 0.1) is 5.82 Å². The van der Waals surface area contributed by atoms with Crippen LogP contribution in [0.15, 0.2) is 24.9 Å². The highest BCUT2D eigenvalue weighted by atomic mass is 32.2. The lowest BCUT2D eigenvalue weighted by molar-refractivity contribution is 0.0692. The summed E-state index contributed by atoms with van der Waals surface area (Å²) in [5.41, 5.74) is -0.374. The molecule has 92 valence electrons. The normalized spacial score (nSPS) is 9.94. The van der Waals surface area contributed by atoms with E-state index < -0.39 is 11.8 Å². The largest absolute Gasteiger partial charge is 0.478 e. The zero-order valence-electron chi connectivity index (χ0n) is 9.15. The van der Waals surface area contributed by atoms with E-state index in [0.717, 1.165) is 17.6 Å². The fraction of sp³-hybridized carbons (Fsp3) is 0.273. The Kier molecular flexibility index (Phi) is 5.48. The second kappa shape index (κ2) is 6.90. The van der Waals surface area contributed by atoms with Crippen LogP contribution < -0.4 is 5.32 Å². The van der Waals surface area contributed by atoms with Crippen LogP contribution in [-0.2, 0) is 0 Å². The van der Waals surface area contributed by atoms with E-state index in [9.17, 15) is 9.18 Å². The van der Waals surface area contributed by atoms with Crippen molar-refractivity contribution in [2.75, 3.05) is 23.4 Å². The van der Waals surface area contributed by atoms with Gasteiger partial charge in [0.05, 0.1) is 0 Å². The maximum Gasteiger partial charge on any atom is 0.338 e. The Morgan fingerprint density at radius 3 is 3.12 bits per heavy atom. The summed E-state index contributed by atoms with van der Waals surface area (Å²) >= 11 is 1.64. The average Bonchev–Trinajstić information content (AvgIpc) is 2.30.